The van der Waals surface area contributed by atoms with Crippen LogP contribution in [0, 0.1) is 0 Å². The molecule has 1 aliphatic carbocycles. The van der Waals surface area contributed by atoms with Gasteiger partial charge in [-0.25, -0.2) is 9.97 Å². The van der Waals surface area contributed by atoms with E-state index >= 15 is 0 Å². The third-order valence-electron chi connectivity index (χ3n) is 12.0. The minimum atomic E-state index is -0.549. The van der Waals surface area contributed by atoms with Gasteiger partial charge in [0.15, 0.2) is 28.8 Å². The van der Waals surface area contributed by atoms with Crippen LogP contribution in [0.1, 0.15) is 22.3 Å². The molecule has 0 bridgehead atoms. The molecular formula is C55H34N2O2. The summed E-state index contributed by atoms with van der Waals surface area (Å²) in [6.45, 7) is 0. The van der Waals surface area contributed by atoms with Crippen molar-refractivity contribution in [1.82, 2.24) is 9.97 Å². The average molecular weight is 755 g/mol. The van der Waals surface area contributed by atoms with E-state index in [1.807, 2.05) is 36.4 Å². The molecule has 2 aliphatic rings. The molecule has 1 aromatic heterocycles. The van der Waals surface area contributed by atoms with Crippen LogP contribution < -0.4 is 9.47 Å². The van der Waals surface area contributed by atoms with Crippen LogP contribution in [0.5, 0.6) is 23.0 Å². The van der Waals surface area contributed by atoms with Gasteiger partial charge < -0.3 is 9.47 Å². The second-order valence-corrected chi connectivity index (χ2v) is 15.2. The monoisotopic (exact) mass is 754 g/mol. The second-order valence-electron chi connectivity index (χ2n) is 15.2. The quantitative estimate of drug-likeness (QED) is 0.164. The van der Waals surface area contributed by atoms with Gasteiger partial charge in [0.25, 0.3) is 0 Å². The molecule has 1 aliphatic heterocycles. The maximum Gasteiger partial charge on any atom is 0.181 e. The minimum absolute atomic E-state index is 0.549. The fourth-order valence-electron chi connectivity index (χ4n) is 9.41. The molecule has 4 heteroatoms. The number of fused-ring (bicyclic) bond motifs is 9. The van der Waals surface area contributed by atoms with Gasteiger partial charge in [-0.15, -0.1) is 0 Å². The molecule has 2 heterocycles. The van der Waals surface area contributed by atoms with E-state index in [1.54, 1.807) is 0 Å². The van der Waals surface area contributed by atoms with Crippen molar-refractivity contribution in [2.24, 2.45) is 0 Å². The lowest BCUT2D eigenvalue weighted by atomic mass is 9.68. The largest absolute Gasteiger partial charge is 0.449 e. The fraction of sp³-hybridized carbons (Fsp3) is 0.0182. The summed E-state index contributed by atoms with van der Waals surface area (Å²) >= 11 is 0. The SMILES string of the molecule is c1ccc(-c2cc(-c3ccc4c(ccc5ccccc54)c3)nc(-c3cccc4c3Oc3ccc5c(c3O4)-c3ccccc3C5(c3ccccc3)c3ccccc3)n2)cc1. The van der Waals surface area contributed by atoms with E-state index in [2.05, 4.69) is 170 Å². The Morgan fingerprint density at radius 1 is 0.373 bits per heavy atom. The minimum Gasteiger partial charge on any atom is -0.449 e. The van der Waals surface area contributed by atoms with Gasteiger partial charge in [0, 0.05) is 16.7 Å². The predicted octanol–water partition coefficient (Wildman–Crippen LogP) is 14.0. The van der Waals surface area contributed by atoms with Gasteiger partial charge in [0.05, 0.1) is 22.4 Å². The first-order valence-electron chi connectivity index (χ1n) is 20.0. The summed E-state index contributed by atoms with van der Waals surface area (Å²) in [4.78, 5) is 10.5. The Morgan fingerprint density at radius 2 is 0.983 bits per heavy atom. The lowest BCUT2D eigenvalue weighted by molar-refractivity contribution is 0.361. The van der Waals surface area contributed by atoms with Crippen LogP contribution in [-0.2, 0) is 5.41 Å². The first kappa shape index (κ1) is 33.3. The van der Waals surface area contributed by atoms with Crippen molar-refractivity contribution < 1.29 is 9.47 Å². The zero-order valence-electron chi connectivity index (χ0n) is 31.8. The summed E-state index contributed by atoms with van der Waals surface area (Å²) in [5, 5.41) is 4.83. The molecule has 4 nitrogen and oxygen atoms in total. The van der Waals surface area contributed by atoms with Crippen molar-refractivity contribution in [1.29, 1.82) is 0 Å². The van der Waals surface area contributed by atoms with Gasteiger partial charge in [-0.3, -0.25) is 0 Å². The van der Waals surface area contributed by atoms with Gasteiger partial charge in [-0.05, 0) is 79.7 Å². The lowest BCUT2D eigenvalue weighted by Crippen LogP contribution is -2.28. The van der Waals surface area contributed by atoms with E-state index < -0.39 is 5.41 Å². The highest BCUT2D eigenvalue weighted by Gasteiger charge is 2.48. The van der Waals surface area contributed by atoms with Gasteiger partial charge in [-0.1, -0.05) is 176 Å². The van der Waals surface area contributed by atoms with Crippen LogP contribution in [0.2, 0.25) is 0 Å². The maximum absolute atomic E-state index is 7.04. The number of ether oxygens (including phenoxy) is 2. The summed E-state index contributed by atoms with van der Waals surface area (Å²) in [5.41, 5.74) is 10.8. The molecule has 0 radical (unpaired) electrons. The average Bonchev–Trinajstić information content (AvgIpc) is 3.62. The molecular weight excluding hydrogens is 721 g/mol. The molecule has 59 heavy (non-hydrogen) atoms. The summed E-state index contributed by atoms with van der Waals surface area (Å²) in [7, 11) is 0. The Morgan fingerprint density at radius 3 is 1.78 bits per heavy atom. The number of benzene rings is 9. The predicted molar refractivity (Wildman–Crippen MR) is 237 cm³/mol. The second kappa shape index (κ2) is 13.1. The van der Waals surface area contributed by atoms with Crippen LogP contribution in [0.4, 0.5) is 0 Å². The number of para-hydroxylation sites is 1. The van der Waals surface area contributed by atoms with Gasteiger partial charge in [0.2, 0.25) is 0 Å². The van der Waals surface area contributed by atoms with Crippen LogP contribution in [0.25, 0.3) is 66.6 Å². The van der Waals surface area contributed by atoms with Crippen molar-refractivity contribution in [3.8, 4) is 68.0 Å². The normalized spacial score (nSPS) is 13.2. The van der Waals surface area contributed by atoms with E-state index in [9.17, 15) is 0 Å². The summed E-state index contributed by atoms with van der Waals surface area (Å²) in [5.74, 6) is 3.12. The molecule has 276 valence electrons. The molecule has 0 spiro atoms. The third kappa shape index (κ3) is 5.10. The van der Waals surface area contributed by atoms with Crippen molar-refractivity contribution in [3.05, 3.63) is 229 Å². The van der Waals surface area contributed by atoms with Crippen molar-refractivity contribution in [3.63, 3.8) is 0 Å². The number of nitrogens with zero attached hydrogens (tertiary/aromatic N) is 2. The zero-order chi connectivity index (χ0) is 38.9. The highest BCUT2D eigenvalue weighted by Crippen LogP contribution is 2.62. The molecule has 0 unspecified atom stereocenters. The van der Waals surface area contributed by atoms with E-state index in [1.165, 1.54) is 32.8 Å². The van der Waals surface area contributed by atoms with E-state index in [4.69, 9.17) is 19.4 Å². The molecule has 0 saturated carbocycles. The lowest BCUT2D eigenvalue weighted by Gasteiger charge is -2.34. The van der Waals surface area contributed by atoms with E-state index in [0.717, 1.165) is 50.2 Å². The summed E-state index contributed by atoms with van der Waals surface area (Å²) in [6, 6.07) is 72.4. The highest BCUT2D eigenvalue weighted by atomic mass is 16.6. The first-order chi connectivity index (χ1) is 29.2. The highest BCUT2D eigenvalue weighted by molar-refractivity contribution is 6.08. The Balaban J connectivity index is 1.01. The Bertz CT molecular complexity index is 3230. The molecule has 0 fully saturated rings. The molecule has 0 atom stereocenters. The first-order valence-corrected chi connectivity index (χ1v) is 20.0. The van der Waals surface area contributed by atoms with Crippen molar-refractivity contribution >= 4 is 21.5 Å². The standard InChI is InChI=1S/C55H34N2O2/c1-4-16-36(17-5-1)47-34-48(38-29-30-42-37(33-38)28-27-35-15-10-11-22-41(35)42)57-54(56-47)44-24-14-26-49-52(44)58-50-32-31-46-51(53(50)59-49)43-23-12-13-25-45(43)55(46,39-18-6-2-7-19-39)40-20-8-3-9-21-40/h1-34H. The van der Waals surface area contributed by atoms with Crippen LogP contribution >= 0.6 is 0 Å². The van der Waals surface area contributed by atoms with Crippen molar-refractivity contribution in [2.45, 2.75) is 5.41 Å². The number of hydrogen-bond acceptors (Lipinski definition) is 4. The molecule has 9 aromatic carbocycles. The van der Waals surface area contributed by atoms with Crippen molar-refractivity contribution in [2.75, 3.05) is 0 Å². The van der Waals surface area contributed by atoms with E-state index in [0.29, 0.717) is 28.8 Å². The van der Waals surface area contributed by atoms with Gasteiger partial charge in [-0.2, -0.15) is 0 Å². The molecule has 0 saturated heterocycles. The van der Waals surface area contributed by atoms with Crippen LogP contribution in [0.3, 0.4) is 0 Å². The van der Waals surface area contributed by atoms with E-state index in [-0.39, 0.29) is 0 Å². The number of aromatic nitrogens is 2. The topological polar surface area (TPSA) is 44.2 Å². The fourth-order valence-corrected chi connectivity index (χ4v) is 9.41. The smallest absolute Gasteiger partial charge is 0.181 e. The Labute approximate surface area is 341 Å². The third-order valence-corrected chi connectivity index (χ3v) is 12.0. The Hall–Kier alpha value is -7.82. The Kier molecular flexibility index (Phi) is 7.41. The molecule has 12 rings (SSSR count). The number of rotatable bonds is 5. The number of hydrogen-bond donors (Lipinski definition) is 0. The zero-order valence-corrected chi connectivity index (χ0v) is 31.8. The molecule has 0 amide bonds. The summed E-state index contributed by atoms with van der Waals surface area (Å²) < 4.78 is 14.0. The van der Waals surface area contributed by atoms with Gasteiger partial charge in [0.1, 0.15) is 0 Å². The van der Waals surface area contributed by atoms with Crippen LogP contribution in [-0.4, -0.2) is 9.97 Å². The molecule has 10 aromatic rings. The molecule has 0 N–H and O–H groups in total. The van der Waals surface area contributed by atoms with Crippen LogP contribution in [0.15, 0.2) is 206 Å². The maximum atomic E-state index is 7.04. The summed E-state index contributed by atoms with van der Waals surface area (Å²) in [6.07, 6.45) is 0. The van der Waals surface area contributed by atoms with Gasteiger partial charge >= 0.3 is 0 Å².